The molecule has 4 heteroatoms. The topological polar surface area (TPSA) is 26.8 Å². The summed E-state index contributed by atoms with van der Waals surface area (Å²) in [5.41, 5.74) is 4.02. The number of likely N-dealkylation sites (N-methyl/N-ethyl adjacent to an activating group) is 1. The van der Waals surface area contributed by atoms with E-state index >= 15 is 0 Å². The van der Waals surface area contributed by atoms with Gasteiger partial charge in [0.1, 0.15) is 6.04 Å². The number of hydrogen-bond donors (Lipinski definition) is 0. The van der Waals surface area contributed by atoms with Gasteiger partial charge in [-0.3, -0.25) is 9.69 Å². The van der Waals surface area contributed by atoms with Crippen molar-refractivity contribution in [3.63, 3.8) is 0 Å². The van der Waals surface area contributed by atoms with Crippen molar-refractivity contribution < 1.29 is 4.79 Å². The number of fused-ring (bicyclic) bond motifs is 1. The number of aryl methyl sites for hydroxylation is 1. The molecule has 1 saturated heterocycles. The maximum absolute atomic E-state index is 14.5. The van der Waals surface area contributed by atoms with E-state index in [9.17, 15) is 4.79 Å². The van der Waals surface area contributed by atoms with Crippen LogP contribution in [0.2, 0.25) is 0 Å². The van der Waals surface area contributed by atoms with Gasteiger partial charge < -0.3 is 9.80 Å². The summed E-state index contributed by atoms with van der Waals surface area (Å²) in [5, 5.41) is 0. The Hall–Kier alpha value is -2.17. The Morgan fingerprint density at radius 3 is 2.25 bits per heavy atom. The first-order chi connectivity index (χ1) is 17.6. The maximum atomic E-state index is 14.5. The van der Waals surface area contributed by atoms with Crippen LogP contribution < -0.4 is 0 Å². The molecule has 194 valence electrons. The molecule has 0 bridgehead atoms. The second-order valence-corrected chi connectivity index (χ2v) is 11.6. The fraction of sp³-hybridized carbons (Fsp3) is 0.594. The average molecular weight is 488 g/mol. The predicted octanol–water partition coefficient (Wildman–Crippen LogP) is 5.90. The first-order valence-electron chi connectivity index (χ1n) is 14.5. The van der Waals surface area contributed by atoms with Gasteiger partial charge in [-0.1, -0.05) is 74.4 Å². The quantitative estimate of drug-likeness (QED) is 0.418. The number of piperidine rings is 1. The SMILES string of the molecule is CCc1ccc(CN(C2CC2)[C@H](CN(C)Cc2ccccc2)C(=O)N2CCC[C@H]3CCCC[C@@H]32)cc1. The van der Waals surface area contributed by atoms with Gasteiger partial charge in [-0.25, -0.2) is 0 Å². The fourth-order valence-corrected chi connectivity index (χ4v) is 6.66. The molecule has 1 amide bonds. The smallest absolute Gasteiger partial charge is 0.241 e. The number of benzene rings is 2. The molecule has 3 fully saturated rings. The molecular weight excluding hydrogens is 442 g/mol. The van der Waals surface area contributed by atoms with E-state index in [1.807, 2.05) is 0 Å². The van der Waals surface area contributed by atoms with Gasteiger partial charge in [-0.2, -0.15) is 0 Å². The summed E-state index contributed by atoms with van der Waals surface area (Å²) in [5.74, 6) is 1.11. The van der Waals surface area contributed by atoms with Crippen molar-refractivity contribution in [2.24, 2.45) is 5.92 Å². The molecule has 3 aliphatic rings. The van der Waals surface area contributed by atoms with Crippen molar-refractivity contribution in [1.82, 2.24) is 14.7 Å². The Morgan fingerprint density at radius 2 is 1.53 bits per heavy atom. The molecule has 3 atom stereocenters. The van der Waals surface area contributed by atoms with Gasteiger partial charge in [0, 0.05) is 38.3 Å². The molecular formula is C32H45N3O. The number of hydrogen-bond acceptors (Lipinski definition) is 3. The Labute approximate surface area is 218 Å². The van der Waals surface area contributed by atoms with Gasteiger partial charge in [0.25, 0.3) is 0 Å². The first kappa shape index (κ1) is 25.5. The second kappa shape index (κ2) is 11.9. The minimum absolute atomic E-state index is 0.0854. The van der Waals surface area contributed by atoms with Crippen LogP contribution in [0.25, 0.3) is 0 Å². The van der Waals surface area contributed by atoms with Crippen LogP contribution in [0.4, 0.5) is 0 Å². The Balaban J connectivity index is 1.39. The van der Waals surface area contributed by atoms with Crippen LogP contribution in [0.5, 0.6) is 0 Å². The molecule has 0 aromatic heterocycles. The summed E-state index contributed by atoms with van der Waals surface area (Å²) >= 11 is 0. The normalized spacial score (nSPS) is 23.1. The lowest BCUT2D eigenvalue weighted by molar-refractivity contribution is -0.145. The van der Waals surface area contributed by atoms with Crippen molar-refractivity contribution >= 4 is 5.91 Å². The lowest BCUT2D eigenvalue weighted by Crippen LogP contribution is -2.59. The summed E-state index contributed by atoms with van der Waals surface area (Å²) in [4.78, 5) is 21.7. The summed E-state index contributed by atoms with van der Waals surface area (Å²) in [6.07, 6.45) is 11.1. The summed E-state index contributed by atoms with van der Waals surface area (Å²) in [7, 11) is 2.19. The highest BCUT2D eigenvalue weighted by atomic mass is 16.2. The fourth-order valence-electron chi connectivity index (χ4n) is 6.66. The van der Waals surface area contributed by atoms with Crippen LogP contribution in [-0.4, -0.2) is 58.9 Å². The molecule has 0 unspecified atom stereocenters. The van der Waals surface area contributed by atoms with E-state index in [2.05, 4.69) is 83.3 Å². The van der Waals surface area contributed by atoms with Gasteiger partial charge >= 0.3 is 0 Å². The van der Waals surface area contributed by atoms with E-state index in [1.165, 1.54) is 68.1 Å². The highest BCUT2D eigenvalue weighted by Gasteiger charge is 2.43. The summed E-state index contributed by atoms with van der Waals surface area (Å²) < 4.78 is 0. The Kier molecular flexibility index (Phi) is 8.43. The van der Waals surface area contributed by atoms with Gasteiger partial charge in [0.15, 0.2) is 0 Å². The second-order valence-electron chi connectivity index (χ2n) is 11.6. The lowest BCUT2D eigenvalue weighted by Gasteiger charge is -2.47. The van der Waals surface area contributed by atoms with E-state index in [4.69, 9.17) is 0 Å². The first-order valence-corrected chi connectivity index (χ1v) is 14.5. The maximum Gasteiger partial charge on any atom is 0.241 e. The predicted molar refractivity (Wildman–Crippen MR) is 148 cm³/mol. The number of carbonyl (C=O) groups excluding carboxylic acids is 1. The van der Waals surface area contributed by atoms with Crippen LogP contribution >= 0.6 is 0 Å². The molecule has 2 aromatic rings. The van der Waals surface area contributed by atoms with E-state index in [0.29, 0.717) is 18.0 Å². The van der Waals surface area contributed by atoms with Gasteiger partial charge in [0.2, 0.25) is 5.91 Å². The molecule has 0 spiro atoms. The van der Waals surface area contributed by atoms with Crippen LogP contribution in [0.15, 0.2) is 54.6 Å². The number of rotatable bonds is 10. The highest BCUT2D eigenvalue weighted by molar-refractivity contribution is 5.83. The standard InChI is InChI=1S/C32H45N3O/c1-3-25-15-17-27(18-16-25)23-35(29-19-20-29)31(24-33(2)22-26-10-5-4-6-11-26)32(36)34-21-9-13-28-12-7-8-14-30(28)34/h4-6,10-11,15-18,28-31H,3,7-9,12-14,19-24H2,1-2H3/t28-,30+,31-/m1/s1. The number of likely N-dealkylation sites (tertiary alicyclic amines) is 1. The lowest BCUT2D eigenvalue weighted by atomic mass is 9.78. The van der Waals surface area contributed by atoms with Crippen LogP contribution in [-0.2, 0) is 24.3 Å². The van der Waals surface area contributed by atoms with Gasteiger partial charge in [-0.05, 0) is 74.6 Å². The zero-order valence-electron chi connectivity index (χ0n) is 22.4. The molecule has 2 saturated carbocycles. The Bertz CT molecular complexity index is 969. The largest absolute Gasteiger partial charge is 0.338 e. The van der Waals surface area contributed by atoms with E-state index < -0.39 is 0 Å². The molecule has 0 N–H and O–H groups in total. The van der Waals surface area contributed by atoms with Gasteiger partial charge in [-0.15, -0.1) is 0 Å². The average Bonchev–Trinajstić information content (AvgIpc) is 3.76. The number of nitrogens with zero attached hydrogens (tertiary/aromatic N) is 3. The van der Waals surface area contributed by atoms with Crippen LogP contribution in [0.1, 0.15) is 75.0 Å². The zero-order valence-corrected chi connectivity index (χ0v) is 22.4. The van der Waals surface area contributed by atoms with Crippen LogP contribution in [0, 0.1) is 5.92 Å². The van der Waals surface area contributed by atoms with Crippen LogP contribution in [0.3, 0.4) is 0 Å². The molecule has 36 heavy (non-hydrogen) atoms. The summed E-state index contributed by atoms with van der Waals surface area (Å²) in [6, 6.07) is 20.7. The Morgan fingerprint density at radius 1 is 0.861 bits per heavy atom. The van der Waals surface area contributed by atoms with E-state index in [0.717, 1.165) is 38.5 Å². The highest BCUT2D eigenvalue weighted by Crippen LogP contribution is 2.37. The third-order valence-corrected chi connectivity index (χ3v) is 8.80. The third kappa shape index (κ3) is 6.20. The third-order valence-electron chi connectivity index (χ3n) is 8.80. The molecule has 1 heterocycles. The monoisotopic (exact) mass is 487 g/mol. The molecule has 2 aromatic carbocycles. The number of carbonyl (C=O) groups is 1. The van der Waals surface area contributed by atoms with Crippen molar-refractivity contribution in [2.75, 3.05) is 20.1 Å². The van der Waals surface area contributed by atoms with Gasteiger partial charge in [0.05, 0.1) is 0 Å². The van der Waals surface area contributed by atoms with E-state index in [1.54, 1.807) is 0 Å². The van der Waals surface area contributed by atoms with Crippen molar-refractivity contribution in [1.29, 1.82) is 0 Å². The van der Waals surface area contributed by atoms with Crippen molar-refractivity contribution in [3.8, 4) is 0 Å². The molecule has 0 radical (unpaired) electrons. The van der Waals surface area contributed by atoms with E-state index in [-0.39, 0.29) is 6.04 Å². The summed E-state index contributed by atoms with van der Waals surface area (Å²) in [6.45, 7) is 5.68. The molecule has 1 aliphatic heterocycles. The van der Waals surface area contributed by atoms with Crippen molar-refractivity contribution in [3.05, 3.63) is 71.3 Å². The number of amides is 1. The zero-order chi connectivity index (χ0) is 24.9. The molecule has 4 nitrogen and oxygen atoms in total. The molecule has 2 aliphatic carbocycles. The minimum Gasteiger partial charge on any atom is -0.338 e. The molecule has 5 rings (SSSR count). The minimum atomic E-state index is -0.0854. The van der Waals surface area contributed by atoms with Crippen molar-refractivity contribution in [2.45, 2.75) is 95.9 Å².